The molecule has 0 spiro atoms. The van der Waals surface area contributed by atoms with Crippen LogP contribution < -0.4 is 0 Å². The van der Waals surface area contributed by atoms with E-state index in [1.165, 1.54) is 4.90 Å². The molecule has 1 atom stereocenters. The molecule has 128 valence electrons. The van der Waals surface area contributed by atoms with Gasteiger partial charge in [0.25, 0.3) is 5.91 Å². The van der Waals surface area contributed by atoms with Crippen LogP contribution in [-0.4, -0.2) is 44.3 Å². The zero-order valence-corrected chi connectivity index (χ0v) is 13.6. The van der Waals surface area contributed by atoms with Crippen LogP contribution in [0.1, 0.15) is 18.1 Å². The summed E-state index contributed by atoms with van der Waals surface area (Å²) in [5.41, 5.74) is 0.150. The van der Waals surface area contributed by atoms with Crippen molar-refractivity contribution in [3.63, 3.8) is 0 Å². The number of carbonyl (C=O) groups is 3. The number of nitrogens with zero attached hydrogens (tertiary/aromatic N) is 3. The van der Waals surface area contributed by atoms with E-state index in [0.29, 0.717) is 5.56 Å². The largest absolute Gasteiger partial charge is 0.480 e. The molecule has 3 amide bonds. The standard InChI is InChI=1S/C18H17N3O4/c1-18(14-7-9-19-10-8-14)16(24)20(12-15(22)23)17(25)21(18)11-13-5-3-2-4-6-13/h2-10H,11-12H2,1H3,(H,22,23)/t18-/m1/s1. The fourth-order valence-electron chi connectivity index (χ4n) is 3.02. The van der Waals surface area contributed by atoms with E-state index < -0.39 is 30.0 Å². The first kappa shape index (κ1) is 16.6. The molecule has 1 aromatic heterocycles. The number of aliphatic carboxylic acids is 1. The van der Waals surface area contributed by atoms with Gasteiger partial charge in [-0.25, -0.2) is 4.79 Å². The summed E-state index contributed by atoms with van der Waals surface area (Å²) in [6, 6.07) is 12.0. The third-order valence-corrected chi connectivity index (χ3v) is 4.38. The van der Waals surface area contributed by atoms with Gasteiger partial charge in [0.15, 0.2) is 0 Å². The van der Waals surface area contributed by atoms with E-state index in [0.717, 1.165) is 10.5 Å². The number of aromatic nitrogens is 1. The lowest BCUT2D eigenvalue weighted by Gasteiger charge is -2.32. The van der Waals surface area contributed by atoms with Gasteiger partial charge in [-0.1, -0.05) is 30.3 Å². The van der Waals surface area contributed by atoms with Crippen LogP contribution in [0.15, 0.2) is 54.9 Å². The van der Waals surface area contributed by atoms with Crippen molar-refractivity contribution in [3.8, 4) is 0 Å². The molecule has 1 saturated heterocycles. The molecule has 7 heteroatoms. The highest BCUT2D eigenvalue weighted by Gasteiger charge is 2.55. The third kappa shape index (κ3) is 2.84. The number of hydrogen-bond acceptors (Lipinski definition) is 4. The van der Waals surface area contributed by atoms with Crippen LogP contribution in [0, 0.1) is 0 Å². The average molecular weight is 339 g/mol. The summed E-state index contributed by atoms with van der Waals surface area (Å²) >= 11 is 0. The number of pyridine rings is 1. The number of benzene rings is 1. The van der Waals surface area contributed by atoms with E-state index in [2.05, 4.69) is 4.98 Å². The summed E-state index contributed by atoms with van der Waals surface area (Å²) in [6.07, 6.45) is 3.08. The number of rotatable bonds is 5. The van der Waals surface area contributed by atoms with Gasteiger partial charge in [0.2, 0.25) is 0 Å². The first-order chi connectivity index (χ1) is 11.9. The van der Waals surface area contributed by atoms with Gasteiger partial charge in [-0.3, -0.25) is 19.5 Å². The number of hydrogen-bond donors (Lipinski definition) is 1. The summed E-state index contributed by atoms with van der Waals surface area (Å²) in [6.45, 7) is 1.16. The van der Waals surface area contributed by atoms with Crippen LogP contribution in [-0.2, 0) is 21.7 Å². The van der Waals surface area contributed by atoms with Crippen LogP contribution in [0.5, 0.6) is 0 Å². The average Bonchev–Trinajstić information content (AvgIpc) is 2.79. The zero-order chi connectivity index (χ0) is 18.0. The lowest BCUT2D eigenvalue weighted by molar-refractivity contribution is -0.143. The van der Waals surface area contributed by atoms with Crippen molar-refractivity contribution < 1.29 is 19.5 Å². The molecule has 7 nitrogen and oxygen atoms in total. The topological polar surface area (TPSA) is 90.8 Å². The molecule has 1 fully saturated rings. The van der Waals surface area contributed by atoms with Crippen LogP contribution in [0.3, 0.4) is 0 Å². The zero-order valence-electron chi connectivity index (χ0n) is 13.6. The summed E-state index contributed by atoms with van der Waals surface area (Å²) < 4.78 is 0. The number of carboxylic acids is 1. The molecule has 0 saturated carbocycles. The number of amides is 3. The van der Waals surface area contributed by atoms with Crippen molar-refractivity contribution in [1.82, 2.24) is 14.8 Å². The second-order valence-corrected chi connectivity index (χ2v) is 5.95. The van der Waals surface area contributed by atoms with Gasteiger partial charge >= 0.3 is 12.0 Å². The highest BCUT2D eigenvalue weighted by molar-refractivity contribution is 6.08. The molecule has 0 aliphatic carbocycles. The fourth-order valence-corrected chi connectivity index (χ4v) is 3.02. The summed E-state index contributed by atoms with van der Waals surface area (Å²) in [7, 11) is 0. The predicted molar refractivity (Wildman–Crippen MR) is 88.3 cm³/mol. The SMILES string of the molecule is C[C@@]1(c2ccncc2)C(=O)N(CC(=O)O)C(=O)N1Cc1ccccc1. The molecule has 0 unspecified atom stereocenters. The van der Waals surface area contributed by atoms with Gasteiger partial charge in [0.05, 0.1) is 0 Å². The van der Waals surface area contributed by atoms with Gasteiger partial charge < -0.3 is 10.0 Å². The first-order valence-corrected chi connectivity index (χ1v) is 7.74. The number of carboxylic acid groups (broad SMARTS) is 1. The van der Waals surface area contributed by atoms with Crippen LogP contribution >= 0.6 is 0 Å². The van der Waals surface area contributed by atoms with E-state index in [4.69, 9.17) is 5.11 Å². The smallest absolute Gasteiger partial charge is 0.328 e. The van der Waals surface area contributed by atoms with Crippen LogP contribution in [0.25, 0.3) is 0 Å². The monoisotopic (exact) mass is 339 g/mol. The first-order valence-electron chi connectivity index (χ1n) is 7.74. The van der Waals surface area contributed by atoms with E-state index in [1.54, 1.807) is 31.5 Å². The van der Waals surface area contributed by atoms with E-state index >= 15 is 0 Å². The third-order valence-electron chi connectivity index (χ3n) is 4.38. The van der Waals surface area contributed by atoms with Gasteiger partial charge in [-0.2, -0.15) is 0 Å². The predicted octanol–water partition coefficient (Wildman–Crippen LogP) is 1.85. The Morgan fingerprint density at radius 2 is 1.76 bits per heavy atom. The number of carbonyl (C=O) groups excluding carboxylic acids is 2. The summed E-state index contributed by atoms with van der Waals surface area (Å²) in [4.78, 5) is 43.0. The maximum absolute atomic E-state index is 13.0. The Balaban J connectivity index is 2.06. The van der Waals surface area contributed by atoms with E-state index in [-0.39, 0.29) is 6.54 Å². The van der Waals surface area contributed by atoms with Crippen molar-refractivity contribution in [1.29, 1.82) is 0 Å². The minimum Gasteiger partial charge on any atom is -0.480 e. The van der Waals surface area contributed by atoms with Gasteiger partial charge in [-0.15, -0.1) is 0 Å². The van der Waals surface area contributed by atoms with E-state index in [1.807, 2.05) is 30.3 Å². The molecule has 3 rings (SSSR count). The van der Waals surface area contributed by atoms with Crippen LogP contribution in [0.4, 0.5) is 4.79 Å². The Labute approximate surface area is 144 Å². The minimum atomic E-state index is -1.29. The molecule has 0 radical (unpaired) electrons. The fraction of sp³-hybridized carbons (Fsp3) is 0.222. The summed E-state index contributed by atoms with van der Waals surface area (Å²) in [5.74, 6) is -1.79. The quantitative estimate of drug-likeness (QED) is 0.840. The second-order valence-electron chi connectivity index (χ2n) is 5.95. The second kappa shape index (κ2) is 6.35. The van der Waals surface area contributed by atoms with Gasteiger partial charge in [0, 0.05) is 18.9 Å². The molecule has 2 heterocycles. The molecule has 25 heavy (non-hydrogen) atoms. The lowest BCUT2D eigenvalue weighted by Crippen LogP contribution is -2.44. The number of imide groups is 1. The highest BCUT2D eigenvalue weighted by Crippen LogP contribution is 2.38. The maximum Gasteiger partial charge on any atom is 0.328 e. The molecular weight excluding hydrogens is 322 g/mol. The Hall–Kier alpha value is -3.22. The number of urea groups is 1. The van der Waals surface area contributed by atoms with Crippen molar-refractivity contribution >= 4 is 17.9 Å². The normalized spacial score (nSPS) is 20.2. The highest BCUT2D eigenvalue weighted by atomic mass is 16.4. The Kier molecular flexibility index (Phi) is 4.22. The molecule has 1 aliphatic rings. The van der Waals surface area contributed by atoms with Crippen LogP contribution in [0.2, 0.25) is 0 Å². The molecule has 2 aromatic rings. The molecule has 1 N–H and O–H groups in total. The van der Waals surface area contributed by atoms with Crippen molar-refractivity contribution in [2.45, 2.75) is 19.0 Å². The van der Waals surface area contributed by atoms with Gasteiger partial charge in [0.1, 0.15) is 12.1 Å². The Morgan fingerprint density at radius 3 is 2.36 bits per heavy atom. The van der Waals surface area contributed by atoms with E-state index in [9.17, 15) is 14.4 Å². The van der Waals surface area contributed by atoms with Crippen molar-refractivity contribution in [2.75, 3.05) is 6.54 Å². The minimum absolute atomic E-state index is 0.195. The Bertz CT molecular complexity index is 810. The molecule has 1 aliphatic heterocycles. The lowest BCUT2D eigenvalue weighted by atomic mass is 9.90. The van der Waals surface area contributed by atoms with Crippen molar-refractivity contribution in [3.05, 3.63) is 66.0 Å². The van der Waals surface area contributed by atoms with Crippen molar-refractivity contribution in [2.24, 2.45) is 0 Å². The maximum atomic E-state index is 13.0. The molecule has 0 bridgehead atoms. The summed E-state index contributed by atoms with van der Waals surface area (Å²) in [5, 5.41) is 9.05. The Morgan fingerprint density at radius 1 is 1.12 bits per heavy atom. The van der Waals surface area contributed by atoms with Gasteiger partial charge in [-0.05, 0) is 30.2 Å². The molecular formula is C18H17N3O4. The molecule has 1 aromatic carbocycles.